The number of nitrogens with zero attached hydrogens (tertiary/aromatic N) is 4. The molecule has 1 aliphatic heterocycles. The predicted molar refractivity (Wildman–Crippen MR) is 67.6 cm³/mol. The van der Waals surface area contributed by atoms with Crippen LogP contribution >= 0.6 is 0 Å². The van der Waals surface area contributed by atoms with E-state index in [-0.39, 0.29) is 17.5 Å². The normalized spacial score (nSPS) is 16.2. The fourth-order valence-electron chi connectivity index (χ4n) is 1.96. The minimum Gasteiger partial charge on any atom is -0.343 e. The summed E-state index contributed by atoms with van der Waals surface area (Å²) in [5.41, 5.74) is -0.177. The van der Waals surface area contributed by atoms with E-state index in [1.54, 1.807) is 11.8 Å². The first-order valence-electron chi connectivity index (χ1n) is 6.09. The van der Waals surface area contributed by atoms with Crippen molar-refractivity contribution in [3.05, 3.63) is 22.5 Å². The summed E-state index contributed by atoms with van der Waals surface area (Å²) in [5.74, 6) is 0.213. The Bertz CT molecular complexity index is 470. The largest absolute Gasteiger partial charge is 0.343 e. The third kappa shape index (κ3) is 3.15. The van der Waals surface area contributed by atoms with E-state index in [9.17, 15) is 14.9 Å². The number of anilines is 1. The number of likely N-dealkylation sites (tertiary alicyclic amines) is 1. The Morgan fingerprint density at radius 2 is 2.00 bits per heavy atom. The Morgan fingerprint density at radius 1 is 1.42 bits per heavy atom. The standard InChI is InChI=1S/C11H15N5O3/c1-8(10(17)15-4-2-3-5-15)14-11-12-6-9(7-13-11)16(18)19/h6-8H,2-5H2,1H3,(H,12,13,14). The molecule has 19 heavy (non-hydrogen) atoms. The van der Waals surface area contributed by atoms with Crippen molar-refractivity contribution in [3.63, 3.8) is 0 Å². The second-order valence-corrected chi connectivity index (χ2v) is 4.42. The highest BCUT2D eigenvalue weighted by molar-refractivity contribution is 5.84. The van der Waals surface area contributed by atoms with Crippen LogP contribution < -0.4 is 5.32 Å². The molecular weight excluding hydrogens is 250 g/mol. The maximum atomic E-state index is 12.0. The molecule has 0 aliphatic carbocycles. The van der Waals surface area contributed by atoms with Crippen LogP contribution in [0.15, 0.2) is 12.4 Å². The topological polar surface area (TPSA) is 101 Å². The lowest BCUT2D eigenvalue weighted by Crippen LogP contribution is -2.39. The van der Waals surface area contributed by atoms with E-state index in [0.29, 0.717) is 0 Å². The van der Waals surface area contributed by atoms with E-state index in [0.717, 1.165) is 38.3 Å². The second-order valence-electron chi connectivity index (χ2n) is 4.42. The first kappa shape index (κ1) is 13.2. The lowest BCUT2D eigenvalue weighted by molar-refractivity contribution is -0.385. The molecule has 0 spiro atoms. The molecule has 1 unspecified atom stereocenters. The van der Waals surface area contributed by atoms with Gasteiger partial charge in [-0.1, -0.05) is 0 Å². The van der Waals surface area contributed by atoms with Gasteiger partial charge in [-0.2, -0.15) is 0 Å². The molecule has 1 aliphatic rings. The number of amides is 1. The van der Waals surface area contributed by atoms with Gasteiger partial charge in [0, 0.05) is 13.1 Å². The molecule has 1 saturated heterocycles. The highest BCUT2D eigenvalue weighted by Gasteiger charge is 2.23. The van der Waals surface area contributed by atoms with Gasteiger partial charge in [-0.15, -0.1) is 0 Å². The Labute approximate surface area is 110 Å². The Hall–Kier alpha value is -2.25. The molecule has 0 aromatic carbocycles. The molecule has 2 rings (SSSR count). The molecule has 1 amide bonds. The van der Waals surface area contributed by atoms with E-state index in [1.807, 2.05) is 0 Å². The summed E-state index contributed by atoms with van der Waals surface area (Å²) in [4.78, 5) is 31.3. The number of rotatable bonds is 4. The number of nitro groups is 1. The zero-order chi connectivity index (χ0) is 13.8. The number of hydrogen-bond donors (Lipinski definition) is 1. The highest BCUT2D eigenvalue weighted by atomic mass is 16.6. The zero-order valence-electron chi connectivity index (χ0n) is 10.6. The summed E-state index contributed by atoms with van der Waals surface area (Å²) >= 11 is 0. The molecule has 1 atom stereocenters. The van der Waals surface area contributed by atoms with Crippen molar-refractivity contribution in [2.24, 2.45) is 0 Å². The molecule has 2 heterocycles. The van der Waals surface area contributed by atoms with Crippen LogP contribution in [0.25, 0.3) is 0 Å². The molecule has 0 radical (unpaired) electrons. The second kappa shape index (κ2) is 5.59. The summed E-state index contributed by atoms with van der Waals surface area (Å²) in [5, 5.41) is 13.3. The maximum absolute atomic E-state index is 12.0. The first-order valence-corrected chi connectivity index (χ1v) is 6.09. The van der Waals surface area contributed by atoms with Crippen molar-refractivity contribution < 1.29 is 9.72 Å². The fraction of sp³-hybridized carbons (Fsp3) is 0.545. The van der Waals surface area contributed by atoms with Crippen molar-refractivity contribution in [3.8, 4) is 0 Å². The van der Waals surface area contributed by atoms with Gasteiger partial charge in [0.15, 0.2) is 0 Å². The monoisotopic (exact) mass is 265 g/mol. The Morgan fingerprint density at radius 3 is 2.53 bits per heavy atom. The molecule has 0 saturated carbocycles. The lowest BCUT2D eigenvalue weighted by atomic mass is 10.3. The van der Waals surface area contributed by atoms with Gasteiger partial charge in [-0.3, -0.25) is 14.9 Å². The summed E-state index contributed by atoms with van der Waals surface area (Å²) < 4.78 is 0. The van der Waals surface area contributed by atoms with Crippen LogP contribution in [0.1, 0.15) is 19.8 Å². The maximum Gasteiger partial charge on any atom is 0.305 e. The average Bonchev–Trinajstić information content (AvgIpc) is 2.92. The van der Waals surface area contributed by atoms with Gasteiger partial charge in [0.25, 0.3) is 0 Å². The summed E-state index contributed by atoms with van der Waals surface area (Å²) in [6.07, 6.45) is 4.30. The van der Waals surface area contributed by atoms with Crippen molar-refractivity contribution in [2.75, 3.05) is 18.4 Å². The smallest absolute Gasteiger partial charge is 0.305 e. The van der Waals surface area contributed by atoms with E-state index >= 15 is 0 Å². The van der Waals surface area contributed by atoms with Crippen LogP contribution in [-0.2, 0) is 4.79 Å². The third-order valence-electron chi connectivity index (χ3n) is 2.98. The van der Waals surface area contributed by atoms with E-state index in [4.69, 9.17) is 0 Å². The van der Waals surface area contributed by atoms with Gasteiger partial charge in [0.2, 0.25) is 11.9 Å². The van der Waals surface area contributed by atoms with Gasteiger partial charge < -0.3 is 10.2 Å². The number of aromatic nitrogens is 2. The summed E-state index contributed by atoms with van der Waals surface area (Å²) in [6, 6.07) is -0.445. The van der Waals surface area contributed by atoms with Gasteiger partial charge in [-0.05, 0) is 19.8 Å². The van der Waals surface area contributed by atoms with E-state index in [1.165, 1.54) is 0 Å². The van der Waals surface area contributed by atoms with Crippen LogP contribution in [0.5, 0.6) is 0 Å². The van der Waals surface area contributed by atoms with Gasteiger partial charge in [0.1, 0.15) is 18.4 Å². The molecule has 102 valence electrons. The van der Waals surface area contributed by atoms with Gasteiger partial charge >= 0.3 is 5.69 Å². The van der Waals surface area contributed by atoms with Gasteiger partial charge in [-0.25, -0.2) is 9.97 Å². The van der Waals surface area contributed by atoms with Crippen LogP contribution in [0.2, 0.25) is 0 Å². The van der Waals surface area contributed by atoms with Gasteiger partial charge in [0.05, 0.1) is 4.92 Å². The van der Waals surface area contributed by atoms with Crippen LogP contribution in [0.3, 0.4) is 0 Å². The van der Waals surface area contributed by atoms with Crippen molar-refractivity contribution in [2.45, 2.75) is 25.8 Å². The Balaban J connectivity index is 1.96. The van der Waals surface area contributed by atoms with Crippen molar-refractivity contribution in [1.82, 2.24) is 14.9 Å². The minimum absolute atomic E-state index is 0.000507. The molecule has 1 N–H and O–H groups in total. The van der Waals surface area contributed by atoms with E-state index < -0.39 is 11.0 Å². The number of nitrogens with one attached hydrogen (secondary N) is 1. The van der Waals surface area contributed by atoms with E-state index in [2.05, 4.69) is 15.3 Å². The zero-order valence-corrected chi connectivity index (χ0v) is 10.6. The highest BCUT2D eigenvalue weighted by Crippen LogP contribution is 2.12. The molecule has 1 aromatic heterocycles. The molecule has 0 bridgehead atoms. The Kier molecular flexibility index (Phi) is 3.88. The first-order chi connectivity index (χ1) is 9.08. The van der Waals surface area contributed by atoms with Crippen molar-refractivity contribution >= 4 is 17.5 Å². The fourth-order valence-corrected chi connectivity index (χ4v) is 1.96. The molecule has 1 fully saturated rings. The SMILES string of the molecule is CC(Nc1ncc([N+](=O)[O-])cn1)C(=O)N1CCCC1. The third-order valence-corrected chi connectivity index (χ3v) is 2.98. The predicted octanol–water partition coefficient (Wildman–Crippen LogP) is 0.808. The molecule has 1 aromatic rings. The minimum atomic E-state index is -0.567. The lowest BCUT2D eigenvalue weighted by Gasteiger charge is -2.20. The van der Waals surface area contributed by atoms with Crippen LogP contribution in [0.4, 0.5) is 11.6 Å². The average molecular weight is 265 g/mol. The summed E-state index contributed by atoms with van der Waals surface area (Å²) in [7, 11) is 0. The van der Waals surface area contributed by atoms with Crippen LogP contribution in [-0.4, -0.2) is 44.8 Å². The molecule has 8 nitrogen and oxygen atoms in total. The molecule has 8 heteroatoms. The molecular formula is C11H15N5O3. The number of carbonyl (C=O) groups is 1. The quantitative estimate of drug-likeness (QED) is 0.638. The van der Waals surface area contributed by atoms with Crippen LogP contribution in [0, 0.1) is 10.1 Å². The number of carbonyl (C=O) groups excluding carboxylic acids is 1. The number of hydrogen-bond acceptors (Lipinski definition) is 6. The summed E-state index contributed by atoms with van der Waals surface area (Å²) in [6.45, 7) is 3.30. The van der Waals surface area contributed by atoms with Crippen molar-refractivity contribution in [1.29, 1.82) is 0 Å².